The van der Waals surface area contributed by atoms with Crippen LogP contribution in [0.1, 0.15) is 36.2 Å². The van der Waals surface area contributed by atoms with Crippen LogP contribution < -0.4 is 0 Å². The van der Waals surface area contributed by atoms with Crippen molar-refractivity contribution in [3.05, 3.63) is 29.6 Å². The fraction of sp³-hybridized carbons (Fsp3) is 0.400. The predicted molar refractivity (Wildman–Crippen MR) is 47.3 cm³/mol. The number of pyridine rings is 1. The molecular weight excluding hydrogens is 166 g/mol. The quantitative estimate of drug-likeness (QED) is 0.615. The van der Waals surface area contributed by atoms with Crippen molar-refractivity contribution in [2.45, 2.75) is 25.9 Å². The summed E-state index contributed by atoms with van der Waals surface area (Å²) < 4.78 is 5.29. The number of esters is 1. The van der Waals surface area contributed by atoms with Gasteiger partial charge in [0, 0.05) is 18.0 Å². The number of hydrogen-bond acceptors (Lipinski definition) is 3. The molecule has 0 bridgehead atoms. The van der Waals surface area contributed by atoms with Gasteiger partial charge >= 0.3 is 5.97 Å². The molecule has 13 heavy (non-hydrogen) atoms. The van der Waals surface area contributed by atoms with Crippen molar-refractivity contribution in [1.29, 1.82) is 0 Å². The Morgan fingerprint density at radius 1 is 1.62 bits per heavy atom. The molecule has 1 aromatic rings. The smallest absolute Gasteiger partial charge is 0.341 e. The van der Waals surface area contributed by atoms with Crippen molar-refractivity contribution in [3.63, 3.8) is 0 Å². The van der Waals surface area contributed by atoms with Gasteiger partial charge in [0.25, 0.3) is 0 Å². The first-order valence-corrected chi connectivity index (χ1v) is 4.35. The van der Waals surface area contributed by atoms with E-state index in [1.165, 1.54) is 0 Å². The van der Waals surface area contributed by atoms with E-state index in [4.69, 9.17) is 4.74 Å². The summed E-state index contributed by atoms with van der Waals surface area (Å²) in [6.07, 6.45) is 4.04. The Morgan fingerprint density at radius 3 is 3.08 bits per heavy atom. The molecule has 0 aromatic carbocycles. The number of hydrogen-bond donors (Lipinski definition) is 0. The number of ether oxygens (including phenoxy) is 1. The van der Waals surface area contributed by atoms with E-state index in [-0.39, 0.29) is 5.97 Å². The van der Waals surface area contributed by atoms with Gasteiger partial charge in [-0.05, 0) is 19.4 Å². The molecule has 0 saturated heterocycles. The van der Waals surface area contributed by atoms with Crippen LogP contribution in [0.3, 0.4) is 0 Å². The van der Waals surface area contributed by atoms with Crippen LogP contribution >= 0.6 is 0 Å². The standard InChI is InChI=1S/C10H11NO2/c1-3-10(2)8-4-5-11-6-7(8)9(12)13-10/h4-6H,3H2,1-2H3. The lowest BCUT2D eigenvalue weighted by molar-refractivity contribution is -0.000769. The van der Waals surface area contributed by atoms with E-state index in [9.17, 15) is 4.79 Å². The number of aromatic nitrogens is 1. The number of rotatable bonds is 1. The van der Waals surface area contributed by atoms with Crippen LogP contribution in [0.15, 0.2) is 18.5 Å². The molecule has 2 heterocycles. The highest BCUT2D eigenvalue weighted by molar-refractivity contribution is 5.94. The number of fused-ring (bicyclic) bond motifs is 1. The Labute approximate surface area is 76.7 Å². The summed E-state index contributed by atoms with van der Waals surface area (Å²) in [5.41, 5.74) is 1.11. The highest BCUT2D eigenvalue weighted by atomic mass is 16.6. The summed E-state index contributed by atoms with van der Waals surface area (Å²) in [4.78, 5) is 15.3. The Balaban J connectivity index is 2.59. The first kappa shape index (κ1) is 8.23. The zero-order chi connectivity index (χ0) is 9.47. The van der Waals surface area contributed by atoms with E-state index in [1.807, 2.05) is 19.9 Å². The zero-order valence-electron chi connectivity index (χ0n) is 7.70. The van der Waals surface area contributed by atoms with Crippen LogP contribution in [-0.4, -0.2) is 11.0 Å². The monoisotopic (exact) mass is 177 g/mol. The highest BCUT2D eigenvalue weighted by Crippen LogP contribution is 2.37. The molecule has 0 aliphatic carbocycles. The molecule has 0 radical (unpaired) electrons. The van der Waals surface area contributed by atoms with Gasteiger partial charge in [0.05, 0.1) is 5.56 Å². The number of nitrogens with zero attached hydrogens (tertiary/aromatic N) is 1. The maximum atomic E-state index is 11.4. The van der Waals surface area contributed by atoms with Gasteiger partial charge in [0.1, 0.15) is 5.60 Å². The third kappa shape index (κ3) is 1.03. The minimum absolute atomic E-state index is 0.257. The van der Waals surface area contributed by atoms with Gasteiger partial charge in [0.2, 0.25) is 0 Å². The molecule has 68 valence electrons. The van der Waals surface area contributed by atoms with Gasteiger partial charge in [-0.3, -0.25) is 4.98 Å². The molecular formula is C10H11NO2. The molecule has 1 atom stereocenters. The Hall–Kier alpha value is -1.38. The van der Waals surface area contributed by atoms with Gasteiger partial charge in [-0.25, -0.2) is 4.79 Å². The maximum absolute atomic E-state index is 11.4. The fourth-order valence-corrected chi connectivity index (χ4v) is 1.60. The molecule has 0 fully saturated rings. The summed E-state index contributed by atoms with van der Waals surface area (Å²) in [7, 11) is 0. The molecule has 1 aromatic heterocycles. The fourth-order valence-electron chi connectivity index (χ4n) is 1.60. The normalized spacial score (nSPS) is 25.5. The second-order valence-corrected chi connectivity index (χ2v) is 3.40. The van der Waals surface area contributed by atoms with Crippen molar-refractivity contribution < 1.29 is 9.53 Å². The van der Waals surface area contributed by atoms with Crippen molar-refractivity contribution in [3.8, 4) is 0 Å². The molecule has 0 N–H and O–H groups in total. The van der Waals surface area contributed by atoms with Crippen molar-refractivity contribution in [2.75, 3.05) is 0 Å². The minimum atomic E-state index is -0.449. The highest BCUT2D eigenvalue weighted by Gasteiger charge is 2.39. The minimum Gasteiger partial charge on any atom is -0.451 e. The second-order valence-electron chi connectivity index (χ2n) is 3.40. The van der Waals surface area contributed by atoms with E-state index in [1.54, 1.807) is 12.4 Å². The molecule has 0 amide bonds. The van der Waals surface area contributed by atoms with Gasteiger partial charge in [-0.1, -0.05) is 6.92 Å². The number of carbonyl (C=O) groups is 1. The van der Waals surface area contributed by atoms with Crippen LogP contribution in [0, 0.1) is 0 Å². The van der Waals surface area contributed by atoms with E-state index >= 15 is 0 Å². The second kappa shape index (κ2) is 2.55. The maximum Gasteiger partial charge on any atom is 0.341 e. The van der Waals surface area contributed by atoms with Crippen molar-refractivity contribution in [2.24, 2.45) is 0 Å². The lowest BCUT2D eigenvalue weighted by Crippen LogP contribution is -2.20. The lowest BCUT2D eigenvalue weighted by atomic mass is 9.93. The Morgan fingerprint density at radius 2 is 2.38 bits per heavy atom. The number of carbonyl (C=O) groups excluding carboxylic acids is 1. The largest absolute Gasteiger partial charge is 0.451 e. The van der Waals surface area contributed by atoms with Crippen molar-refractivity contribution >= 4 is 5.97 Å². The van der Waals surface area contributed by atoms with Gasteiger partial charge < -0.3 is 4.74 Å². The number of cyclic esters (lactones) is 1. The van der Waals surface area contributed by atoms with Crippen LogP contribution in [0.4, 0.5) is 0 Å². The van der Waals surface area contributed by atoms with Crippen LogP contribution in [-0.2, 0) is 10.3 Å². The summed E-state index contributed by atoms with van der Waals surface area (Å²) in [5.74, 6) is -0.257. The molecule has 1 unspecified atom stereocenters. The third-order valence-electron chi connectivity index (χ3n) is 2.60. The molecule has 3 heteroatoms. The summed E-state index contributed by atoms with van der Waals surface area (Å²) in [5, 5.41) is 0. The van der Waals surface area contributed by atoms with Crippen LogP contribution in [0.25, 0.3) is 0 Å². The van der Waals surface area contributed by atoms with Crippen LogP contribution in [0.2, 0.25) is 0 Å². The third-order valence-corrected chi connectivity index (χ3v) is 2.60. The van der Waals surface area contributed by atoms with E-state index < -0.39 is 5.60 Å². The predicted octanol–water partition coefficient (Wildman–Crippen LogP) is 1.88. The molecule has 0 saturated carbocycles. The summed E-state index contributed by atoms with van der Waals surface area (Å²) in [6.45, 7) is 3.93. The molecule has 1 aliphatic heterocycles. The summed E-state index contributed by atoms with van der Waals surface area (Å²) >= 11 is 0. The van der Waals surface area contributed by atoms with Gasteiger partial charge in [0.15, 0.2) is 0 Å². The van der Waals surface area contributed by atoms with Gasteiger partial charge in [-0.15, -0.1) is 0 Å². The lowest BCUT2D eigenvalue weighted by Gasteiger charge is -2.21. The van der Waals surface area contributed by atoms with E-state index in [0.717, 1.165) is 12.0 Å². The molecule has 2 rings (SSSR count). The van der Waals surface area contributed by atoms with E-state index in [0.29, 0.717) is 5.56 Å². The first-order chi connectivity index (χ1) is 6.17. The average molecular weight is 177 g/mol. The van der Waals surface area contributed by atoms with Crippen molar-refractivity contribution in [1.82, 2.24) is 4.98 Å². The summed E-state index contributed by atoms with van der Waals surface area (Å²) in [6, 6.07) is 1.85. The Kier molecular flexibility index (Phi) is 1.62. The molecule has 1 aliphatic rings. The zero-order valence-corrected chi connectivity index (χ0v) is 7.70. The SMILES string of the molecule is CCC1(C)OC(=O)c2cnccc21. The first-order valence-electron chi connectivity index (χ1n) is 4.35. The molecule has 0 spiro atoms. The van der Waals surface area contributed by atoms with Gasteiger partial charge in [-0.2, -0.15) is 0 Å². The topological polar surface area (TPSA) is 39.2 Å². The average Bonchev–Trinajstić information content (AvgIpc) is 2.42. The van der Waals surface area contributed by atoms with Crippen LogP contribution in [0.5, 0.6) is 0 Å². The Bertz CT molecular complexity index is 362. The van der Waals surface area contributed by atoms with E-state index in [2.05, 4.69) is 4.98 Å². The molecule has 3 nitrogen and oxygen atoms in total.